The van der Waals surface area contributed by atoms with Gasteiger partial charge in [0.25, 0.3) is 0 Å². The Morgan fingerprint density at radius 3 is 3.12 bits per heavy atom. The van der Waals surface area contributed by atoms with Crippen molar-refractivity contribution in [3.8, 4) is 0 Å². The normalized spacial score (nSPS) is 13.1. The number of hydrogen-bond acceptors (Lipinski definition) is 4. The van der Waals surface area contributed by atoms with Crippen LogP contribution in [-0.4, -0.2) is 32.1 Å². The molecular formula is C11H16N4O. The third-order valence-electron chi connectivity index (χ3n) is 2.68. The SMILES string of the molecule is CC[C@H](CO)NCc1cnc2cnccn12. The van der Waals surface area contributed by atoms with Crippen LogP contribution >= 0.6 is 0 Å². The van der Waals surface area contributed by atoms with E-state index < -0.39 is 0 Å². The van der Waals surface area contributed by atoms with Gasteiger partial charge in [0.05, 0.1) is 24.7 Å². The average Bonchev–Trinajstić information content (AvgIpc) is 2.74. The smallest absolute Gasteiger partial charge is 0.155 e. The zero-order chi connectivity index (χ0) is 11.4. The summed E-state index contributed by atoms with van der Waals surface area (Å²) in [6, 6.07) is 0.146. The van der Waals surface area contributed by atoms with E-state index in [9.17, 15) is 0 Å². The number of hydrogen-bond donors (Lipinski definition) is 2. The Morgan fingerprint density at radius 2 is 2.38 bits per heavy atom. The maximum atomic E-state index is 9.07. The average molecular weight is 220 g/mol. The van der Waals surface area contributed by atoms with Crippen LogP contribution in [0.25, 0.3) is 5.65 Å². The molecule has 0 aliphatic carbocycles. The van der Waals surface area contributed by atoms with Crippen molar-refractivity contribution in [1.29, 1.82) is 0 Å². The minimum atomic E-state index is 0.146. The highest BCUT2D eigenvalue weighted by molar-refractivity contribution is 5.36. The van der Waals surface area contributed by atoms with E-state index in [-0.39, 0.29) is 12.6 Å². The predicted molar refractivity (Wildman–Crippen MR) is 61.0 cm³/mol. The summed E-state index contributed by atoms with van der Waals surface area (Å²) in [5.41, 5.74) is 1.92. The van der Waals surface area contributed by atoms with Crippen LogP contribution in [0.1, 0.15) is 19.0 Å². The largest absolute Gasteiger partial charge is 0.395 e. The summed E-state index contributed by atoms with van der Waals surface area (Å²) < 4.78 is 1.99. The van der Waals surface area contributed by atoms with Crippen molar-refractivity contribution in [3.63, 3.8) is 0 Å². The van der Waals surface area contributed by atoms with Crippen LogP contribution in [0, 0.1) is 0 Å². The van der Waals surface area contributed by atoms with Gasteiger partial charge in [0.15, 0.2) is 5.65 Å². The molecule has 1 atom stereocenters. The number of fused-ring (bicyclic) bond motifs is 1. The zero-order valence-electron chi connectivity index (χ0n) is 9.30. The Labute approximate surface area is 94.2 Å². The van der Waals surface area contributed by atoms with Crippen molar-refractivity contribution in [3.05, 3.63) is 30.5 Å². The molecule has 0 bridgehead atoms. The monoisotopic (exact) mass is 220 g/mol. The molecule has 2 N–H and O–H groups in total. The molecule has 0 unspecified atom stereocenters. The van der Waals surface area contributed by atoms with E-state index in [1.807, 2.05) is 23.7 Å². The van der Waals surface area contributed by atoms with E-state index in [2.05, 4.69) is 15.3 Å². The molecule has 0 radical (unpaired) electrons. The number of rotatable bonds is 5. The van der Waals surface area contributed by atoms with Crippen LogP contribution in [0.5, 0.6) is 0 Å². The van der Waals surface area contributed by atoms with Gasteiger partial charge in [0.2, 0.25) is 0 Å². The van der Waals surface area contributed by atoms with Gasteiger partial charge in [0, 0.05) is 25.0 Å². The third kappa shape index (κ3) is 2.20. The summed E-state index contributed by atoms with van der Waals surface area (Å²) in [5.74, 6) is 0. The summed E-state index contributed by atoms with van der Waals surface area (Å²) in [6.07, 6.45) is 8.09. The minimum absolute atomic E-state index is 0.146. The molecule has 0 aromatic carbocycles. The molecule has 5 nitrogen and oxygen atoms in total. The molecule has 2 rings (SSSR count). The van der Waals surface area contributed by atoms with E-state index >= 15 is 0 Å². The summed E-state index contributed by atoms with van der Waals surface area (Å²) in [7, 11) is 0. The van der Waals surface area contributed by atoms with Crippen LogP contribution in [0.15, 0.2) is 24.8 Å². The first-order valence-electron chi connectivity index (χ1n) is 5.45. The fourth-order valence-corrected chi connectivity index (χ4v) is 1.61. The van der Waals surface area contributed by atoms with Crippen molar-refractivity contribution in [1.82, 2.24) is 19.7 Å². The van der Waals surface area contributed by atoms with Crippen molar-refractivity contribution >= 4 is 5.65 Å². The molecule has 2 heterocycles. The highest BCUT2D eigenvalue weighted by atomic mass is 16.3. The van der Waals surface area contributed by atoms with E-state index in [1.54, 1.807) is 12.4 Å². The Balaban J connectivity index is 2.09. The molecule has 2 aromatic heterocycles. The van der Waals surface area contributed by atoms with Gasteiger partial charge in [-0.2, -0.15) is 0 Å². The minimum Gasteiger partial charge on any atom is -0.395 e. The molecule has 0 aliphatic heterocycles. The number of aromatic nitrogens is 3. The van der Waals surface area contributed by atoms with E-state index in [4.69, 9.17) is 5.11 Å². The van der Waals surface area contributed by atoms with Gasteiger partial charge in [0.1, 0.15) is 0 Å². The van der Waals surface area contributed by atoms with Gasteiger partial charge < -0.3 is 10.4 Å². The number of aliphatic hydroxyl groups excluding tert-OH is 1. The van der Waals surface area contributed by atoms with E-state index in [0.717, 1.165) is 17.8 Å². The fourth-order valence-electron chi connectivity index (χ4n) is 1.61. The molecule has 5 heteroatoms. The Hall–Kier alpha value is -1.46. The van der Waals surface area contributed by atoms with Crippen molar-refractivity contribution in [2.24, 2.45) is 0 Å². The molecule has 0 spiro atoms. The molecule has 0 amide bonds. The molecule has 16 heavy (non-hydrogen) atoms. The molecule has 0 aliphatic rings. The maximum absolute atomic E-state index is 9.07. The zero-order valence-corrected chi connectivity index (χ0v) is 9.30. The van der Waals surface area contributed by atoms with Gasteiger partial charge in [-0.1, -0.05) is 6.92 Å². The summed E-state index contributed by atoms with van der Waals surface area (Å²) >= 11 is 0. The Bertz CT molecular complexity index is 450. The second kappa shape index (κ2) is 5.05. The van der Waals surface area contributed by atoms with E-state index in [0.29, 0.717) is 6.54 Å². The topological polar surface area (TPSA) is 62.5 Å². The lowest BCUT2D eigenvalue weighted by Gasteiger charge is -2.13. The first-order chi connectivity index (χ1) is 7.85. The predicted octanol–water partition coefficient (Wildman–Crippen LogP) is 0.590. The lowest BCUT2D eigenvalue weighted by molar-refractivity contribution is 0.238. The molecule has 2 aromatic rings. The third-order valence-corrected chi connectivity index (χ3v) is 2.68. The summed E-state index contributed by atoms with van der Waals surface area (Å²) in [5, 5.41) is 12.4. The Morgan fingerprint density at radius 1 is 1.50 bits per heavy atom. The highest BCUT2D eigenvalue weighted by Gasteiger charge is 2.06. The highest BCUT2D eigenvalue weighted by Crippen LogP contribution is 2.04. The van der Waals surface area contributed by atoms with Gasteiger partial charge in [-0.25, -0.2) is 4.98 Å². The van der Waals surface area contributed by atoms with Gasteiger partial charge in [-0.3, -0.25) is 9.38 Å². The summed E-state index contributed by atoms with van der Waals surface area (Å²) in [6.45, 7) is 2.91. The lowest BCUT2D eigenvalue weighted by Crippen LogP contribution is -2.31. The number of aliphatic hydroxyl groups is 1. The van der Waals surface area contributed by atoms with Gasteiger partial charge >= 0.3 is 0 Å². The quantitative estimate of drug-likeness (QED) is 0.774. The molecule has 86 valence electrons. The van der Waals surface area contributed by atoms with Gasteiger partial charge in [-0.05, 0) is 6.42 Å². The fraction of sp³-hybridized carbons (Fsp3) is 0.455. The van der Waals surface area contributed by atoms with E-state index in [1.165, 1.54) is 0 Å². The molecule has 0 saturated heterocycles. The number of nitrogens with zero attached hydrogens (tertiary/aromatic N) is 3. The van der Waals surface area contributed by atoms with Crippen LogP contribution in [0.2, 0.25) is 0 Å². The first kappa shape index (κ1) is 11.0. The molecule has 0 saturated carbocycles. The first-order valence-corrected chi connectivity index (χ1v) is 5.45. The van der Waals surface area contributed by atoms with Crippen molar-refractivity contribution in [2.75, 3.05) is 6.61 Å². The standard InChI is InChI=1S/C11H16N4O/c1-2-9(8-16)13-5-10-6-14-11-7-12-3-4-15(10)11/h3-4,6-7,9,13,16H,2,5,8H2,1H3/t9-/m1/s1. The van der Waals surface area contributed by atoms with Gasteiger partial charge in [-0.15, -0.1) is 0 Å². The van der Waals surface area contributed by atoms with Crippen molar-refractivity contribution < 1.29 is 5.11 Å². The lowest BCUT2D eigenvalue weighted by atomic mass is 10.2. The number of nitrogens with one attached hydrogen (secondary N) is 1. The van der Waals surface area contributed by atoms with Crippen molar-refractivity contribution in [2.45, 2.75) is 25.9 Å². The Kier molecular flexibility index (Phi) is 3.48. The second-order valence-corrected chi connectivity index (χ2v) is 3.72. The van der Waals surface area contributed by atoms with Crippen LogP contribution in [-0.2, 0) is 6.54 Å². The summed E-state index contributed by atoms with van der Waals surface area (Å²) in [4.78, 5) is 8.26. The molecular weight excluding hydrogens is 204 g/mol. The number of imidazole rings is 1. The molecule has 0 fully saturated rings. The maximum Gasteiger partial charge on any atom is 0.155 e. The second-order valence-electron chi connectivity index (χ2n) is 3.72. The van der Waals surface area contributed by atoms with Crippen LogP contribution in [0.3, 0.4) is 0 Å². The van der Waals surface area contributed by atoms with Crippen LogP contribution in [0.4, 0.5) is 0 Å². The van der Waals surface area contributed by atoms with Crippen LogP contribution < -0.4 is 5.32 Å².